The molecule has 2 aromatic carbocycles. The maximum absolute atomic E-state index is 12.9. The first-order chi connectivity index (χ1) is 12.4. The smallest absolute Gasteiger partial charge is 0.358 e. The lowest BCUT2D eigenvalue weighted by atomic mass is 10.1. The van der Waals surface area contributed by atoms with Crippen LogP contribution in [0.15, 0.2) is 53.9 Å². The van der Waals surface area contributed by atoms with Crippen molar-refractivity contribution in [1.82, 2.24) is 4.98 Å². The molecule has 0 bridgehead atoms. The molecule has 0 aliphatic heterocycles. The summed E-state index contributed by atoms with van der Waals surface area (Å²) in [5.41, 5.74) is 1.17. The van der Waals surface area contributed by atoms with E-state index in [1.54, 1.807) is 23.6 Å². The molecule has 0 amide bonds. The van der Waals surface area contributed by atoms with Gasteiger partial charge in [0.25, 0.3) is 0 Å². The minimum absolute atomic E-state index is 0.115. The van der Waals surface area contributed by atoms with Gasteiger partial charge in [-0.05, 0) is 43.3 Å². The quantitative estimate of drug-likeness (QED) is 0.453. The molecule has 7 heteroatoms. The number of ketones is 1. The van der Waals surface area contributed by atoms with Crippen molar-refractivity contribution in [2.75, 3.05) is 0 Å². The Morgan fingerprint density at radius 3 is 2.62 bits per heavy atom. The number of thiazole rings is 1. The molecular weight excluding hydrogens is 377 g/mol. The number of ether oxygens (including phenoxy) is 1. The van der Waals surface area contributed by atoms with Crippen LogP contribution < -0.4 is 0 Å². The number of rotatable bonds is 5. The highest BCUT2D eigenvalue weighted by atomic mass is 35.5. The molecule has 0 spiro atoms. The Balaban J connectivity index is 1.70. The maximum atomic E-state index is 12.9. The number of halogens is 2. The summed E-state index contributed by atoms with van der Waals surface area (Å²) in [6.07, 6.45) is -1.01. The minimum atomic E-state index is -1.01. The van der Waals surface area contributed by atoms with Crippen LogP contribution in [0.5, 0.6) is 0 Å². The van der Waals surface area contributed by atoms with E-state index in [-0.39, 0.29) is 11.3 Å². The fourth-order valence-electron chi connectivity index (χ4n) is 2.24. The van der Waals surface area contributed by atoms with Crippen molar-refractivity contribution in [3.8, 4) is 10.6 Å². The van der Waals surface area contributed by atoms with E-state index < -0.39 is 23.7 Å². The van der Waals surface area contributed by atoms with E-state index in [0.717, 1.165) is 5.56 Å². The van der Waals surface area contributed by atoms with Gasteiger partial charge in [-0.15, -0.1) is 11.3 Å². The summed E-state index contributed by atoms with van der Waals surface area (Å²) in [5, 5.41) is 2.76. The second-order valence-corrected chi connectivity index (χ2v) is 6.76. The minimum Gasteiger partial charge on any atom is -0.450 e. The van der Waals surface area contributed by atoms with Crippen LogP contribution in [0.2, 0.25) is 5.02 Å². The van der Waals surface area contributed by atoms with Gasteiger partial charge in [0.15, 0.2) is 11.8 Å². The molecule has 0 fully saturated rings. The van der Waals surface area contributed by atoms with E-state index in [0.29, 0.717) is 10.0 Å². The number of carbonyl (C=O) groups excluding carboxylic acids is 2. The molecule has 0 saturated heterocycles. The van der Waals surface area contributed by atoms with Crippen molar-refractivity contribution < 1.29 is 18.7 Å². The van der Waals surface area contributed by atoms with Crippen LogP contribution in [-0.4, -0.2) is 22.8 Å². The first-order valence-corrected chi connectivity index (χ1v) is 8.92. The van der Waals surface area contributed by atoms with Crippen LogP contribution in [0, 0.1) is 5.82 Å². The molecule has 26 heavy (non-hydrogen) atoms. The zero-order valence-electron chi connectivity index (χ0n) is 13.6. The number of esters is 1. The molecule has 0 N–H and O–H groups in total. The number of hydrogen-bond acceptors (Lipinski definition) is 5. The van der Waals surface area contributed by atoms with Crippen molar-refractivity contribution in [2.45, 2.75) is 13.0 Å². The Kier molecular flexibility index (Phi) is 5.44. The summed E-state index contributed by atoms with van der Waals surface area (Å²) in [5.74, 6) is -1.55. The third-order valence-corrected chi connectivity index (χ3v) is 4.69. The van der Waals surface area contributed by atoms with Crippen LogP contribution in [0.4, 0.5) is 4.39 Å². The van der Waals surface area contributed by atoms with Crippen molar-refractivity contribution in [3.05, 3.63) is 76.0 Å². The molecule has 3 aromatic rings. The predicted octanol–water partition coefficient (Wildman–Crippen LogP) is 5.03. The van der Waals surface area contributed by atoms with Crippen LogP contribution >= 0.6 is 22.9 Å². The highest BCUT2D eigenvalue weighted by Crippen LogP contribution is 2.26. The second kappa shape index (κ2) is 7.76. The molecule has 4 nitrogen and oxygen atoms in total. The fraction of sp³-hybridized carbons (Fsp3) is 0.105. The highest BCUT2D eigenvalue weighted by Gasteiger charge is 2.22. The largest absolute Gasteiger partial charge is 0.450 e. The van der Waals surface area contributed by atoms with Crippen molar-refractivity contribution in [2.24, 2.45) is 0 Å². The standard InChI is InChI=1S/C19H13ClFNO3S/c1-11(17(23)12-5-7-15(21)8-6-12)25-19(24)16-10-26-18(22-16)13-3-2-4-14(20)9-13/h2-11H,1H3/t11-/m0/s1. The zero-order valence-corrected chi connectivity index (χ0v) is 15.2. The van der Waals surface area contributed by atoms with E-state index in [1.807, 2.05) is 6.07 Å². The molecule has 0 radical (unpaired) electrons. The number of aromatic nitrogens is 1. The third-order valence-electron chi connectivity index (χ3n) is 3.57. The molecule has 0 unspecified atom stereocenters. The van der Waals surface area contributed by atoms with E-state index in [1.165, 1.54) is 42.5 Å². The maximum Gasteiger partial charge on any atom is 0.358 e. The molecule has 0 aliphatic carbocycles. The molecule has 0 saturated carbocycles. The predicted molar refractivity (Wildman–Crippen MR) is 98.2 cm³/mol. The summed E-state index contributed by atoms with van der Waals surface area (Å²) in [7, 11) is 0. The number of nitrogens with zero attached hydrogens (tertiary/aromatic N) is 1. The van der Waals surface area contributed by atoms with Gasteiger partial charge in [-0.3, -0.25) is 4.79 Å². The topological polar surface area (TPSA) is 56.3 Å². The summed E-state index contributed by atoms with van der Waals surface area (Å²) in [6.45, 7) is 1.47. The molecule has 132 valence electrons. The summed E-state index contributed by atoms with van der Waals surface area (Å²) < 4.78 is 18.1. The average molecular weight is 390 g/mol. The second-order valence-electron chi connectivity index (χ2n) is 5.47. The van der Waals surface area contributed by atoms with Gasteiger partial charge < -0.3 is 4.74 Å². The summed E-state index contributed by atoms with van der Waals surface area (Å²) in [4.78, 5) is 28.7. The number of carbonyl (C=O) groups is 2. The molecule has 1 atom stereocenters. The Morgan fingerprint density at radius 1 is 1.19 bits per heavy atom. The van der Waals surface area contributed by atoms with E-state index in [4.69, 9.17) is 16.3 Å². The van der Waals surface area contributed by atoms with Gasteiger partial charge in [-0.2, -0.15) is 0 Å². The number of Topliss-reactive ketones (excluding diaryl/α,β-unsaturated/α-hetero) is 1. The lowest BCUT2D eigenvalue weighted by Crippen LogP contribution is -2.24. The zero-order chi connectivity index (χ0) is 18.7. The Morgan fingerprint density at radius 2 is 1.92 bits per heavy atom. The van der Waals surface area contributed by atoms with Crippen LogP contribution in [0.3, 0.4) is 0 Å². The Labute approximate surface area is 158 Å². The van der Waals surface area contributed by atoms with Gasteiger partial charge in [0.05, 0.1) is 0 Å². The molecule has 3 rings (SSSR count). The summed E-state index contributed by atoms with van der Waals surface area (Å²) in [6, 6.07) is 12.2. The van der Waals surface area contributed by atoms with Gasteiger partial charge in [-0.25, -0.2) is 14.2 Å². The third kappa shape index (κ3) is 4.15. The Bertz CT molecular complexity index is 955. The molecule has 0 aliphatic rings. The first-order valence-electron chi connectivity index (χ1n) is 7.66. The van der Waals surface area contributed by atoms with Crippen LogP contribution in [-0.2, 0) is 4.74 Å². The molecule has 1 heterocycles. The van der Waals surface area contributed by atoms with Gasteiger partial charge >= 0.3 is 5.97 Å². The lowest BCUT2D eigenvalue weighted by Gasteiger charge is -2.11. The molecule has 1 aromatic heterocycles. The van der Waals surface area contributed by atoms with Crippen molar-refractivity contribution in [1.29, 1.82) is 0 Å². The normalized spacial score (nSPS) is 11.8. The van der Waals surface area contributed by atoms with Gasteiger partial charge in [0, 0.05) is 21.5 Å². The highest BCUT2D eigenvalue weighted by molar-refractivity contribution is 7.13. The van der Waals surface area contributed by atoms with E-state index in [2.05, 4.69) is 4.98 Å². The van der Waals surface area contributed by atoms with Crippen LogP contribution in [0.25, 0.3) is 10.6 Å². The van der Waals surface area contributed by atoms with Crippen LogP contribution in [0.1, 0.15) is 27.8 Å². The SMILES string of the molecule is C[C@H](OC(=O)c1csc(-c2cccc(Cl)c2)n1)C(=O)c1ccc(F)cc1. The summed E-state index contributed by atoms with van der Waals surface area (Å²) >= 11 is 7.24. The lowest BCUT2D eigenvalue weighted by molar-refractivity contribution is 0.0314. The number of hydrogen-bond donors (Lipinski definition) is 0. The number of benzene rings is 2. The molecular formula is C19H13ClFNO3S. The van der Waals surface area contributed by atoms with E-state index >= 15 is 0 Å². The Hall–Kier alpha value is -2.57. The van der Waals surface area contributed by atoms with Gasteiger partial charge in [0.1, 0.15) is 10.8 Å². The average Bonchev–Trinajstić information content (AvgIpc) is 3.12. The van der Waals surface area contributed by atoms with Gasteiger partial charge in [-0.1, -0.05) is 23.7 Å². The van der Waals surface area contributed by atoms with E-state index in [9.17, 15) is 14.0 Å². The fourth-order valence-corrected chi connectivity index (χ4v) is 3.22. The van der Waals surface area contributed by atoms with Crippen molar-refractivity contribution >= 4 is 34.7 Å². The van der Waals surface area contributed by atoms with Gasteiger partial charge in [0.2, 0.25) is 5.78 Å². The first kappa shape index (κ1) is 18.2. The van der Waals surface area contributed by atoms with Crippen molar-refractivity contribution in [3.63, 3.8) is 0 Å². The monoisotopic (exact) mass is 389 g/mol.